The summed E-state index contributed by atoms with van der Waals surface area (Å²) in [6.07, 6.45) is 0.562. The normalized spacial score (nSPS) is 10.8. The molecular formula is C16H14N2O. The first-order chi connectivity index (χ1) is 9.24. The van der Waals surface area contributed by atoms with Gasteiger partial charge < -0.3 is 4.98 Å². The van der Waals surface area contributed by atoms with Gasteiger partial charge in [0.15, 0.2) is 0 Å². The minimum absolute atomic E-state index is 0.109. The van der Waals surface area contributed by atoms with E-state index < -0.39 is 0 Å². The van der Waals surface area contributed by atoms with Crippen molar-refractivity contribution in [2.75, 3.05) is 0 Å². The SMILES string of the molecule is Cc1ccccc1Cc1nc2ccccc2[nH]c1=O. The molecule has 2 aromatic carbocycles. The monoisotopic (exact) mass is 250 g/mol. The van der Waals surface area contributed by atoms with Gasteiger partial charge in [-0.15, -0.1) is 0 Å². The van der Waals surface area contributed by atoms with Crippen molar-refractivity contribution in [2.45, 2.75) is 13.3 Å². The van der Waals surface area contributed by atoms with Crippen molar-refractivity contribution in [1.29, 1.82) is 0 Å². The molecular weight excluding hydrogens is 236 g/mol. The molecule has 94 valence electrons. The first-order valence-electron chi connectivity index (χ1n) is 6.26. The van der Waals surface area contributed by atoms with Gasteiger partial charge in [0, 0.05) is 6.42 Å². The van der Waals surface area contributed by atoms with E-state index in [-0.39, 0.29) is 5.56 Å². The van der Waals surface area contributed by atoms with Crippen molar-refractivity contribution in [2.24, 2.45) is 0 Å². The number of rotatable bonds is 2. The summed E-state index contributed by atoms with van der Waals surface area (Å²) in [4.78, 5) is 19.4. The summed E-state index contributed by atoms with van der Waals surface area (Å²) in [5, 5.41) is 0. The molecule has 0 aliphatic heterocycles. The number of aromatic nitrogens is 2. The molecule has 0 fully saturated rings. The second-order valence-electron chi connectivity index (χ2n) is 4.63. The van der Waals surface area contributed by atoms with E-state index in [0.29, 0.717) is 12.1 Å². The van der Waals surface area contributed by atoms with E-state index >= 15 is 0 Å². The van der Waals surface area contributed by atoms with Crippen LogP contribution in [0.5, 0.6) is 0 Å². The standard InChI is InChI=1S/C16H14N2O/c1-11-6-2-3-7-12(11)10-15-16(19)18-14-9-5-4-8-13(14)17-15/h2-9H,10H2,1H3,(H,18,19). The van der Waals surface area contributed by atoms with E-state index in [1.165, 1.54) is 5.56 Å². The lowest BCUT2D eigenvalue weighted by Gasteiger charge is -2.05. The van der Waals surface area contributed by atoms with E-state index in [0.717, 1.165) is 16.6 Å². The van der Waals surface area contributed by atoms with Crippen LogP contribution in [0.1, 0.15) is 16.8 Å². The highest BCUT2D eigenvalue weighted by molar-refractivity contribution is 5.73. The molecule has 0 unspecified atom stereocenters. The zero-order valence-electron chi connectivity index (χ0n) is 10.7. The molecule has 0 atom stereocenters. The average Bonchev–Trinajstić information content (AvgIpc) is 2.42. The highest BCUT2D eigenvalue weighted by atomic mass is 16.1. The van der Waals surface area contributed by atoms with Gasteiger partial charge in [0.1, 0.15) is 5.69 Å². The Bertz CT molecular complexity index is 790. The smallest absolute Gasteiger partial charge is 0.270 e. The van der Waals surface area contributed by atoms with Crippen molar-refractivity contribution in [3.63, 3.8) is 0 Å². The number of aromatic amines is 1. The Balaban J connectivity index is 2.08. The number of aryl methyl sites for hydroxylation is 1. The number of fused-ring (bicyclic) bond motifs is 1. The van der Waals surface area contributed by atoms with Gasteiger partial charge in [-0.3, -0.25) is 4.79 Å². The van der Waals surface area contributed by atoms with Gasteiger partial charge in [-0.2, -0.15) is 0 Å². The molecule has 1 aromatic heterocycles. The number of nitrogens with one attached hydrogen (secondary N) is 1. The maximum atomic E-state index is 12.0. The molecule has 3 rings (SSSR count). The van der Waals surface area contributed by atoms with E-state index in [4.69, 9.17) is 0 Å². The Morgan fingerprint density at radius 3 is 2.63 bits per heavy atom. The molecule has 1 N–H and O–H groups in total. The lowest BCUT2D eigenvalue weighted by atomic mass is 10.0. The maximum absolute atomic E-state index is 12.0. The summed E-state index contributed by atoms with van der Waals surface area (Å²) in [6.45, 7) is 2.05. The largest absolute Gasteiger partial charge is 0.319 e. The Morgan fingerprint density at radius 2 is 1.79 bits per heavy atom. The summed E-state index contributed by atoms with van der Waals surface area (Å²) in [6, 6.07) is 15.6. The molecule has 0 saturated carbocycles. The molecule has 0 saturated heterocycles. The van der Waals surface area contributed by atoms with Crippen LogP contribution in [0, 0.1) is 6.92 Å². The summed E-state index contributed by atoms with van der Waals surface area (Å²) < 4.78 is 0. The fraction of sp³-hybridized carbons (Fsp3) is 0.125. The lowest BCUT2D eigenvalue weighted by Crippen LogP contribution is -2.15. The number of para-hydroxylation sites is 2. The van der Waals surface area contributed by atoms with E-state index in [1.807, 2.05) is 55.5 Å². The Hall–Kier alpha value is -2.42. The molecule has 3 aromatic rings. The minimum Gasteiger partial charge on any atom is -0.319 e. The first-order valence-corrected chi connectivity index (χ1v) is 6.26. The first kappa shape index (κ1) is 11.7. The number of benzene rings is 2. The minimum atomic E-state index is -0.109. The fourth-order valence-corrected chi connectivity index (χ4v) is 2.18. The molecule has 0 aliphatic carbocycles. The third kappa shape index (κ3) is 2.27. The van der Waals surface area contributed by atoms with Crippen LogP contribution in [-0.4, -0.2) is 9.97 Å². The second kappa shape index (κ2) is 4.69. The molecule has 0 aliphatic rings. The van der Waals surface area contributed by atoms with Crippen molar-refractivity contribution in [1.82, 2.24) is 9.97 Å². The molecule has 0 bridgehead atoms. The van der Waals surface area contributed by atoms with E-state index in [2.05, 4.69) is 9.97 Å². The Kier molecular flexibility index (Phi) is 2.88. The highest BCUT2D eigenvalue weighted by Crippen LogP contribution is 2.12. The van der Waals surface area contributed by atoms with Gasteiger partial charge in [0.05, 0.1) is 11.0 Å². The van der Waals surface area contributed by atoms with Gasteiger partial charge >= 0.3 is 0 Å². The third-order valence-corrected chi connectivity index (χ3v) is 3.29. The Labute approximate surface area is 111 Å². The molecule has 1 heterocycles. The zero-order valence-corrected chi connectivity index (χ0v) is 10.7. The maximum Gasteiger partial charge on any atom is 0.270 e. The van der Waals surface area contributed by atoms with Crippen LogP contribution in [0.3, 0.4) is 0 Å². The van der Waals surface area contributed by atoms with Crippen LogP contribution in [-0.2, 0) is 6.42 Å². The van der Waals surface area contributed by atoms with E-state index in [1.54, 1.807) is 0 Å². The van der Waals surface area contributed by atoms with Gasteiger partial charge in [-0.25, -0.2) is 4.98 Å². The molecule has 0 amide bonds. The van der Waals surface area contributed by atoms with E-state index in [9.17, 15) is 4.79 Å². The average molecular weight is 250 g/mol. The summed E-state index contributed by atoms with van der Waals surface area (Å²) >= 11 is 0. The number of hydrogen-bond donors (Lipinski definition) is 1. The zero-order chi connectivity index (χ0) is 13.2. The van der Waals surface area contributed by atoms with Crippen molar-refractivity contribution >= 4 is 11.0 Å². The summed E-state index contributed by atoms with van der Waals surface area (Å²) in [5.41, 5.74) is 4.37. The highest BCUT2D eigenvalue weighted by Gasteiger charge is 2.07. The van der Waals surface area contributed by atoms with Crippen molar-refractivity contribution in [3.05, 3.63) is 75.7 Å². The number of nitrogens with zero attached hydrogens (tertiary/aromatic N) is 1. The van der Waals surface area contributed by atoms with Crippen molar-refractivity contribution < 1.29 is 0 Å². The van der Waals surface area contributed by atoms with Gasteiger partial charge in [0.2, 0.25) is 0 Å². The predicted octanol–water partition coefficient (Wildman–Crippen LogP) is 2.82. The molecule has 3 nitrogen and oxygen atoms in total. The number of H-pyrrole nitrogens is 1. The van der Waals surface area contributed by atoms with Crippen LogP contribution >= 0.6 is 0 Å². The quantitative estimate of drug-likeness (QED) is 0.760. The van der Waals surface area contributed by atoms with Crippen LogP contribution in [0.15, 0.2) is 53.3 Å². The second-order valence-corrected chi connectivity index (χ2v) is 4.63. The van der Waals surface area contributed by atoms with Crippen LogP contribution in [0.4, 0.5) is 0 Å². The molecule has 3 heteroatoms. The molecule has 0 radical (unpaired) electrons. The predicted molar refractivity (Wildman–Crippen MR) is 76.3 cm³/mol. The summed E-state index contributed by atoms with van der Waals surface area (Å²) in [5.74, 6) is 0. The lowest BCUT2D eigenvalue weighted by molar-refractivity contribution is 1.02. The molecule has 19 heavy (non-hydrogen) atoms. The van der Waals surface area contributed by atoms with Gasteiger partial charge in [-0.05, 0) is 30.2 Å². The van der Waals surface area contributed by atoms with Gasteiger partial charge in [-0.1, -0.05) is 36.4 Å². The van der Waals surface area contributed by atoms with Crippen LogP contribution in [0.25, 0.3) is 11.0 Å². The molecule has 0 spiro atoms. The Morgan fingerprint density at radius 1 is 1.05 bits per heavy atom. The van der Waals surface area contributed by atoms with Crippen LogP contribution < -0.4 is 5.56 Å². The number of hydrogen-bond acceptors (Lipinski definition) is 2. The third-order valence-electron chi connectivity index (χ3n) is 3.29. The van der Waals surface area contributed by atoms with Gasteiger partial charge in [0.25, 0.3) is 5.56 Å². The van der Waals surface area contributed by atoms with Crippen LogP contribution in [0.2, 0.25) is 0 Å². The van der Waals surface area contributed by atoms with Crippen molar-refractivity contribution in [3.8, 4) is 0 Å². The fourth-order valence-electron chi connectivity index (χ4n) is 2.18. The topological polar surface area (TPSA) is 45.8 Å². The summed E-state index contributed by atoms with van der Waals surface area (Å²) in [7, 11) is 0.